The minimum atomic E-state index is 0.0953. The zero-order valence-electron chi connectivity index (χ0n) is 16.2. The summed E-state index contributed by atoms with van der Waals surface area (Å²) in [7, 11) is 0. The van der Waals surface area contributed by atoms with E-state index in [1.807, 2.05) is 37.3 Å². The van der Waals surface area contributed by atoms with Gasteiger partial charge in [-0.2, -0.15) is 0 Å². The molecule has 27 heavy (non-hydrogen) atoms. The van der Waals surface area contributed by atoms with E-state index in [4.69, 9.17) is 0 Å². The zero-order chi connectivity index (χ0) is 19.1. The largest absolute Gasteiger partial charge is 0.370 e. The van der Waals surface area contributed by atoms with E-state index in [0.29, 0.717) is 12.3 Å². The van der Waals surface area contributed by atoms with Crippen LogP contribution in [0.5, 0.6) is 0 Å². The molecule has 144 valence electrons. The van der Waals surface area contributed by atoms with Gasteiger partial charge in [0.15, 0.2) is 0 Å². The van der Waals surface area contributed by atoms with Gasteiger partial charge in [-0.25, -0.2) is 9.97 Å². The van der Waals surface area contributed by atoms with Crippen LogP contribution in [0.1, 0.15) is 38.2 Å². The highest BCUT2D eigenvalue weighted by Gasteiger charge is 2.22. The van der Waals surface area contributed by atoms with E-state index < -0.39 is 0 Å². The Morgan fingerprint density at radius 2 is 2.15 bits per heavy atom. The van der Waals surface area contributed by atoms with Crippen molar-refractivity contribution in [3.8, 4) is 0 Å². The van der Waals surface area contributed by atoms with Crippen molar-refractivity contribution in [3.63, 3.8) is 0 Å². The van der Waals surface area contributed by atoms with Gasteiger partial charge in [-0.1, -0.05) is 18.2 Å². The second kappa shape index (κ2) is 9.35. The molecule has 0 unspecified atom stereocenters. The van der Waals surface area contributed by atoms with E-state index in [2.05, 4.69) is 32.4 Å². The molecule has 2 N–H and O–H groups in total. The van der Waals surface area contributed by atoms with Crippen LogP contribution in [0.4, 0.5) is 17.3 Å². The average Bonchev–Trinajstić information content (AvgIpc) is 2.69. The number of hydrogen-bond donors (Lipinski definition) is 2. The normalized spacial score (nSPS) is 16.8. The summed E-state index contributed by atoms with van der Waals surface area (Å²) in [5.74, 6) is 2.44. The molecule has 0 saturated carbocycles. The van der Waals surface area contributed by atoms with Crippen molar-refractivity contribution in [1.82, 2.24) is 9.97 Å². The summed E-state index contributed by atoms with van der Waals surface area (Å²) in [6.07, 6.45) is 5.37. The van der Waals surface area contributed by atoms with E-state index in [0.717, 1.165) is 55.4 Å². The van der Waals surface area contributed by atoms with Crippen LogP contribution in [-0.4, -0.2) is 35.5 Å². The summed E-state index contributed by atoms with van der Waals surface area (Å²) in [4.78, 5) is 23.3. The molecular weight excluding hydrogens is 338 g/mol. The number of aromatic nitrogens is 2. The minimum Gasteiger partial charge on any atom is -0.370 e. The van der Waals surface area contributed by atoms with E-state index in [-0.39, 0.29) is 5.91 Å². The first-order chi connectivity index (χ1) is 13.2. The number of anilines is 3. The SMILES string of the molecule is CCNc1cc(N2CCC[C@@H](CCC(=O)Nc3ccccc3C)C2)ncn1. The number of nitrogens with one attached hydrogen (secondary N) is 2. The van der Waals surface area contributed by atoms with Gasteiger partial charge < -0.3 is 15.5 Å². The topological polar surface area (TPSA) is 70.2 Å². The molecule has 1 aromatic carbocycles. The Balaban J connectivity index is 1.52. The second-order valence-electron chi connectivity index (χ2n) is 7.15. The maximum absolute atomic E-state index is 12.3. The first kappa shape index (κ1) is 19.1. The Bertz CT molecular complexity index is 764. The average molecular weight is 367 g/mol. The fraction of sp³-hybridized carbons (Fsp3) is 0.476. The van der Waals surface area contributed by atoms with Crippen LogP contribution in [0.25, 0.3) is 0 Å². The van der Waals surface area contributed by atoms with Crippen molar-refractivity contribution >= 4 is 23.2 Å². The van der Waals surface area contributed by atoms with E-state index in [9.17, 15) is 4.79 Å². The van der Waals surface area contributed by atoms with Gasteiger partial charge in [-0.15, -0.1) is 0 Å². The third-order valence-corrected chi connectivity index (χ3v) is 5.05. The number of hydrogen-bond acceptors (Lipinski definition) is 5. The maximum Gasteiger partial charge on any atom is 0.224 e. The third kappa shape index (κ3) is 5.42. The van der Waals surface area contributed by atoms with Crippen LogP contribution >= 0.6 is 0 Å². The van der Waals surface area contributed by atoms with Crippen LogP contribution in [-0.2, 0) is 4.79 Å². The summed E-state index contributed by atoms with van der Waals surface area (Å²) in [6, 6.07) is 9.91. The van der Waals surface area contributed by atoms with Gasteiger partial charge in [0, 0.05) is 37.8 Å². The highest BCUT2D eigenvalue weighted by Crippen LogP contribution is 2.25. The van der Waals surface area contributed by atoms with Gasteiger partial charge in [0.2, 0.25) is 5.91 Å². The van der Waals surface area contributed by atoms with Gasteiger partial charge in [-0.3, -0.25) is 4.79 Å². The van der Waals surface area contributed by atoms with Crippen molar-refractivity contribution in [1.29, 1.82) is 0 Å². The molecule has 1 aromatic heterocycles. The predicted octanol–water partition coefficient (Wildman–Crippen LogP) is 3.85. The molecule has 0 bridgehead atoms. The lowest BCUT2D eigenvalue weighted by atomic mass is 9.93. The Kier molecular flexibility index (Phi) is 6.63. The molecule has 0 aliphatic carbocycles. The first-order valence-corrected chi connectivity index (χ1v) is 9.82. The molecule has 6 nitrogen and oxygen atoms in total. The van der Waals surface area contributed by atoms with Crippen molar-refractivity contribution in [3.05, 3.63) is 42.2 Å². The van der Waals surface area contributed by atoms with Gasteiger partial charge in [-0.05, 0) is 50.7 Å². The number of aryl methyl sites for hydroxylation is 1. The summed E-state index contributed by atoms with van der Waals surface area (Å²) in [5, 5.41) is 6.27. The summed E-state index contributed by atoms with van der Waals surface area (Å²) in [5.41, 5.74) is 2.00. The minimum absolute atomic E-state index is 0.0953. The standard InChI is InChI=1S/C21H29N5O/c1-3-22-19-13-20(24-15-23-19)26-12-6-8-17(14-26)10-11-21(27)25-18-9-5-4-7-16(18)2/h4-5,7,9,13,15,17H,3,6,8,10-12,14H2,1-2H3,(H,25,27)(H,22,23,24)/t17-/m0/s1. The van der Waals surface area contributed by atoms with E-state index >= 15 is 0 Å². The van der Waals surface area contributed by atoms with Crippen LogP contribution in [0.3, 0.4) is 0 Å². The number of benzene rings is 1. The molecule has 0 spiro atoms. The predicted molar refractivity (Wildman–Crippen MR) is 110 cm³/mol. The molecule has 2 aromatic rings. The van der Waals surface area contributed by atoms with Gasteiger partial charge in [0.1, 0.15) is 18.0 Å². The fourth-order valence-electron chi connectivity index (χ4n) is 3.57. The van der Waals surface area contributed by atoms with E-state index in [1.54, 1.807) is 6.33 Å². The lowest BCUT2D eigenvalue weighted by Crippen LogP contribution is -2.36. The van der Waals surface area contributed by atoms with Gasteiger partial charge in [0.05, 0.1) is 0 Å². The molecule has 1 aliphatic rings. The number of para-hydroxylation sites is 1. The number of piperidine rings is 1. The quantitative estimate of drug-likeness (QED) is 0.778. The lowest BCUT2D eigenvalue weighted by molar-refractivity contribution is -0.116. The Hall–Kier alpha value is -2.63. The molecule has 1 saturated heterocycles. The molecule has 2 heterocycles. The summed E-state index contributed by atoms with van der Waals surface area (Å²) < 4.78 is 0. The smallest absolute Gasteiger partial charge is 0.224 e. The molecule has 3 rings (SSSR count). The maximum atomic E-state index is 12.3. The van der Waals surface area contributed by atoms with Crippen molar-refractivity contribution in [2.24, 2.45) is 5.92 Å². The Morgan fingerprint density at radius 3 is 2.96 bits per heavy atom. The van der Waals surface area contributed by atoms with Gasteiger partial charge in [0.25, 0.3) is 0 Å². The molecule has 6 heteroatoms. The van der Waals surface area contributed by atoms with Crippen LogP contribution in [0.15, 0.2) is 36.7 Å². The number of carbonyl (C=O) groups excluding carboxylic acids is 1. The number of amides is 1. The monoisotopic (exact) mass is 367 g/mol. The van der Waals surface area contributed by atoms with E-state index in [1.165, 1.54) is 6.42 Å². The van der Waals surface area contributed by atoms with Crippen LogP contribution in [0.2, 0.25) is 0 Å². The summed E-state index contributed by atoms with van der Waals surface area (Å²) >= 11 is 0. The fourth-order valence-corrected chi connectivity index (χ4v) is 3.57. The first-order valence-electron chi connectivity index (χ1n) is 9.82. The van der Waals surface area contributed by atoms with Crippen molar-refractivity contribution in [2.75, 3.05) is 35.2 Å². The molecule has 1 fully saturated rings. The zero-order valence-corrected chi connectivity index (χ0v) is 16.2. The lowest BCUT2D eigenvalue weighted by Gasteiger charge is -2.33. The highest BCUT2D eigenvalue weighted by molar-refractivity contribution is 5.91. The van der Waals surface area contributed by atoms with Crippen molar-refractivity contribution in [2.45, 2.75) is 39.5 Å². The number of nitrogens with zero attached hydrogens (tertiary/aromatic N) is 3. The highest BCUT2D eigenvalue weighted by atomic mass is 16.1. The molecular formula is C21H29N5O. The molecule has 1 amide bonds. The number of carbonyl (C=O) groups is 1. The molecule has 0 radical (unpaired) electrons. The van der Waals surface area contributed by atoms with Crippen LogP contribution in [0, 0.1) is 12.8 Å². The van der Waals surface area contributed by atoms with Crippen molar-refractivity contribution < 1.29 is 4.79 Å². The Morgan fingerprint density at radius 1 is 1.30 bits per heavy atom. The van der Waals surface area contributed by atoms with Gasteiger partial charge >= 0.3 is 0 Å². The number of rotatable bonds is 7. The molecule has 1 atom stereocenters. The van der Waals surface area contributed by atoms with Crippen LogP contribution < -0.4 is 15.5 Å². The third-order valence-electron chi connectivity index (χ3n) is 5.05. The Labute approximate surface area is 161 Å². The second-order valence-corrected chi connectivity index (χ2v) is 7.15. The molecule has 1 aliphatic heterocycles. The summed E-state index contributed by atoms with van der Waals surface area (Å²) in [6.45, 7) is 6.86.